The Morgan fingerprint density at radius 1 is 1.47 bits per heavy atom. The van der Waals surface area contributed by atoms with Crippen LogP contribution in [0.2, 0.25) is 5.02 Å². The van der Waals surface area contributed by atoms with Crippen molar-refractivity contribution in [2.75, 3.05) is 7.11 Å². The molecule has 0 N–H and O–H groups in total. The van der Waals surface area contributed by atoms with Gasteiger partial charge in [0.15, 0.2) is 5.78 Å². The van der Waals surface area contributed by atoms with Crippen molar-refractivity contribution in [3.8, 4) is 5.75 Å². The second kappa shape index (κ2) is 4.57. The standard InChI is InChI=1S/C10H9ClF2O2/c1-5(14)8-7(11)4-3-6(10(12)13)9(8)15-2/h3-4,10H,1-2H3. The number of Topliss-reactive ketones (excluding diaryl/α,β-unsaturated/α-hetero) is 1. The molecule has 0 unspecified atom stereocenters. The summed E-state index contributed by atoms with van der Waals surface area (Å²) in [6.07, 6.45) is -2.70. The number of benzene rings is 1. The van der Waals surface area contributed by atoms with E-state index in [9.17, 15) is 13.6 Å². The molecule has 1 aromatic rings. The van der Waals surface area contributed by atoms with Gasteiger partial charge in [0, 0.05) is 0 Å². The molecule has 0 amide bonds. The van der Waals surface area contributed by atoms with Gasteiger partial charge in [0.05, 0.1) is 23.3 Å². The zero-order valence-electron chi connectivity index (χ0n) is 8.18. The highest BCUT2D eigenvalue weighted by atomic mass is 35.5. The molecule has 2 nitrogen and oxygen atoms in total. The minimum absolute atomic E-state index is 0.00281. The van der Waals surface area contributed by atoms with Crippen molar-refractivity contribution in [3.05, 3.63) is 28.3 Å². The lowest BCUT2D eigenvalue weighted by Crippen LogP contribution is -2.02. The smallest absolute Gasteiger partial charge is 0.267 e. The molecule has 0 fully saturated rings. The zero-order chi connectivity index (χ0) is 11.6. The fourth-order valence-corrected chi connectivity index (χ4v) is 1.58. The SMILES string of the molecule is COc1c(C(F)F)ccc(Cl)c1C(C)=O. The van der Waals surface area contributed by atoms with Gasteiger partial charge < -0.3 is 4.74 Å². The van der Waals surface area contributed by atoms with E-state index in [0.29, 0.717) is 0 Å². The van der Waals surface area contributed by atoms with Crippen LogP contribution in [0.15, 0.2) is 12.1 Å². The maximum Gasteiger partial charge on any atom is 0.267 e. The monoisotopic (exact) mass is 234 g/mol. The van der Waals surface area contributed by atoms with Crippen LogP contribution in [0.1, 0.15) is 29.3 Å². The average molecular weight is 235 g/mol. The molecule has 0 aromatic heterocycles. The Morgan fingerprint density at radius 3 is 2.47 bits per heavy atom. The molecule has 0 atom stereocenters. The summed E-state index contributed by atoms with van der Waals surface area (Å²) >= 11 is 5.73. The van der Waals surface area contributed by atoms with Crippen LogP contribution in [0, 0.1) is 0 Å². The molecule has 1 aromatic carbocycles. The minimum Gasteiger partial charge on any atom is -0.495 e. The first-order valence-corrected chi connectivity index (χ1v) is 4.52. The second-order valence-electron chi connectivity index (χ2n) is 2.90. The largest absolute Gasteiger partial charge is 0.495 e. The van der Waals surface area contributed by atoms with Crippen molar-refractivity contribution >= 4 is 17.4 Å². The Hall–Kier alpha value is -1.16. The predicted octanol–water partition coefficient (Wildman–Crippen LogP) is 3.49. The zero-order valence-corrected chi connectivity index (χ0v) is 8.94. The molecule has 5 heteroatoms. The summed E-state index contributed by atoms with van der Waals surface area (Å²) < 4.78 is 29.9. The van der Waals surface area contributed by atoms with Gasteiger partial charge in [-0.15, -0.1) is 0 Å². The van der Waals surface area contributed by atoms with Crippen LogP contribution in [0.25, 0.3) is 0 Å². The summed E-state index contributed by atoms with van der Waals surface area (Å²) in [6, 6.07) is 2.42. The summed E-state index contributed by atoms with van der Waals surface area (Å²) in [7, 11) is 1.23. The average Bonchev–Trinajstić information content (AvgIpc) is 2.15. The van der Waals surface area contributed by atoms with Crippen molar-refractivity contribution in [1.29, 1.82) is 0 Å². The van der Waals surface area contributed by atoms with Gasteiger partial charge in [-0.2, -0.15) is 0 Å². The van der Waals surface area contributed by atoms with E-state index in [-0.39, 0.29) is 21.9 Å². The third-order valence-electron chi connectivity index (χ3n) is 1.93. The topological polar surface area (TPSA) is 26.3 Å². The maximum absolute atomic E-state index is 12.6. The summed E-state index contributed by atoms with van der Waals surface area (Å²) in [4.78, 5) is 11.2. The van der Waals surface area contributed by atoms with Gasteiger partial charge in [0.25, 0.3) is 6.43 Å². The molecule has 0 heterocycles. The molecule has 0 aliphatic rings. The molecule has 82 valence electrons. The highest BCUT2D eigenvalue weighted by molar-refractivity contribution is 6.34. The molecule has 0 aliphatic carbocycles. The Bertz CT molecular complexity index is 391. The van der Waals surface area contributed by atoms with E-state index in [4.69, 9.17) is 16.3 Å². The van der Waals surface area contributed by atoms with Crippen LogP contribution < -0.4 is 4.74 Å². The minimum atomic E-state index is -2.70. The van der Waals surface area contributed by atoms with Gasteiger partial charge in [-0.1, -0.05) is 11.6 Å². The van der Waals surface area contributed by atoms with Gasteiger partial charge in [-0.3, -0.25) is 4.79 Å². The third kappa shape index (κ3) is 2.26. The van der Waals surface area contributed by atoms with Crippen LogP contribution in [0.5, 0.6) is 5.75 Å². The van der Waals surface area contributed by atoms with E-state index in [1.165, 1.54) is 20.1 Å². The van der Waals surface area contributed by atoms with Crippen LogP contribution in [0.4, 0.5) is 8.78 Å². The van der Waals surface area contributed by atoms with Crippen molar-refractivity contribution in [2.24, 2.45) is 0 Å². The van der Waals surface area contributed by atoms with E-state index in [1.54, 1.807) is 0 Å². The van der Waals surface area contributed by atoms with Gasteiger partial charge in [0.1, 0.15) is 5.75 Å². The van der Waals surface area contributed by atoms with Crippen LogP contribution in [-0.2, 0) is 0 Å². The lowest BCUT2D eigenvalue weighted by atomic mass is 10.1. The van der Waals surface area contributed by atoms with Crippen LogP contribution in [-0.4, -0.2) is 12.9 Å². The van der Waals surface area contributed by atoms with Gasteiger partial charge in [0.2, 0.25) is 0 Å². The molecule has 1 rings (SSSR count). The number of methoxy groups -OCH3 is 1. The van der Waals surface area contributed by atoms with E-state index >= 15 is 0 Å². The maximum atomic E-state index is 12.6. The summed E-state index contributed by atoms with van der Waals surface area (Å²) in [5.74, 6) is -0.552. The molecule has 0 spiro atoms. The molecule has 0 aliphatic heterocycles. The van der Waals surface area contributed by atoms with E-state index in [0.717, 1.165) is 6.07 Å². The number of alkyl halides is 2. The van der Waals surface area contributed by atoms with E-state index in [1.807, 2.05) is 0 Å². The van der Waals surface area contributed by atoms with Gasteiger partial charge in [-0.25, -0.2) is 8.78 Å². The fraction of sp³-hybridized carbons (Fsp3) is 0.300. The lowest BCUT2D eigenvalue weighted by Gasteiger charge is -2.12. The van der Waals surface area contributed by atoms with Crippen molar-refractivity contribution < 1.29 is 18.3 Å². The Balaban J connectivity index is 3.47. The van der Waals surface area contributed by atoms with Crippen molar-refractivity contribution in [3.63, 3.8) is 0 Å². The molecule has 0 radical (unpaired) electrons. The fourth-order valence-electron chi connectivity index (χ4n) is 1.29. The molecule has 0 bridgehead atoms. The lowest BCUT2D eigenvalue weighted by molar-refractivity contribution is 0.101. The molecule has 15 heavy (non-hydrogen) atoms. The number of rotatable bonds is 3. The van der Waals surface area contributed by atoms with Crippen LogP contribution >= 0.6 is 11.6 Å². The second-order valence-corrected chi connectivity index (χ2v) is 3.31. The van der Waals surface area contributed by atoms with Crippen molar-refractivity contribution in [1.82, 2.24) is 0 Å². The summed E-state index contributed by atoms with van der Waals surface area (Å²) in [5.41, 5.74) is -0.330. The first-order valence-electron chi connectivity index (χ1n) is 4.14. The first-order chi connectivity index (χ1) is 6.99. The third-order valence-corrected chi connectivity index (χ3v) is 2.24. The predicted molar refractivity (Wildman–Crippen MR) is 53.0 cm³/mol. The quantitative estimate of drug-likeness (QED) is 0.749. The Labute approximate surface area is 90.8 Å². The number of carbonyl (C=O) groups excluding carboxylic acids is 1. The first kappa shape index (κ1) is 11.9. The van der Waals surface area contributed by atoms with E-state index < -0.39 is 12.2 Å². The number of carbonyl (C=O) groups is 1. The molecule has 0 saturated heterocycles. The van der Waals surface area contributed by atoms with E-state index in [2.05, 4.69) is 0 Å². The molecular formula is C10H9ClF2O2. The number of ketones is 1. The highest BCUT2D eigenvalue weighted by Crippen LogP contribution is 2.36. The van der Waals surface area contributed by atoms with Crippen LogP contribution in [0.3, 0.4) is 0 Å². The number of hydrogen-bond donors (Lipinski definition) is 0. The highest BCUT2D eigenvalue weighted by Gasteiger charge is 2.21. The molecule has 0 saturated carbocycles. The summed E-state index contributed by atoms with van der Waals surface area (Å²) in [5, 5.41) is 0.115. The number of halogens is 3. The number of hydrogen-bond acceptors (Lipinski definition) is 2. The Morgan fingerprint density at radius 2 is 2.07 bits per heavy atom. The number of ether oxygens (including phenoxy) is 1. The van der Waals surface area contributed by atoms with Gasteiger partial charge in [-0.05, 0) is 19.1 Å². The van der Waals surface area contributed by atoms with Gasteiger partial charge >= 0.3 is 0 Å². The molecular weight excluding hydrogens is 226 g/mol. The Kier molecular flexibility index (Phi) is 3.63. The normalized spacial score (nSPS) is 10.5. The van der Waals surface area contributed by atoms with Crippen molar-refractivity contribution in [2.45, 2.75) is 13.3 Å². The summed E-state index contributed by atoms with van der Waals surface area (Å²) in [6.45, 7) is 1.25.